The van der Waals surface area contributed by atoms with Crippen LogP contribution in [0.3, 0.4) is 0 Å². The fraction of sp³-hybridized carbons (Fsp3) is 0.333. The van der Waals surface area contributed by atoms with Crippen molar-refractivity contribution in [3.05, 3.63) is 60.6 Å². The van der Waals surface area contributed by atoms with Crippen molar-refractivity contribution < 1.29 is 9.20 Å². The average Bonchev–Trinajstić information content (AvgIpc) is 3.48. The zero-order valence-electron chi connectivity index (χ0n) is 17.7. The predicted molar refractivity (Wildman–Crippen MR) is 118 cm³/mol. The fourth-order valence-electron chi connectivity index (χ4n) is 4.42. The van der Waals surface area contributed by atoms with Gasteiger partial charge in [0.05, 0.1) is 11.8 Å². The van der Waals surface area contributed by atoms with Crippen molar-refractivity contribution in [3.8, 4) is 34.1 Å². The Morgan fingerprint density at radius 2 is 1.81 bits per heavy atom. The highest BCUT2D eigenvalue weighted by Gasteiger charge is 2.32. The molecule has 0 radical (unpaired) electrons. The summed E-state index contributed by atoms with van der Waals surface area (Å²) in [6, 6.07) is 12.7. The van der Waals surface area contributed by atoms with Gasteiger partial charge >= 0.3 is 0 Å². The first kappa shape index (κ1) is 19.6. The molecule has 0 aliphatic heterocycles. The number of aromatic amines is 1. The Labute approximate surface area is 181 Å². The van der Waals surface area contributed by atoms with Crippen molar-refractivity contribution in [2.45, 2.75) is 44.7 Å². The van der Waals surface area contributed by atoms with E-state index < -0.39 is 0 Å². The van der Waals surface area contributed by atoms with Gasteiger partial charge in [0.2, 0.25) is 5.82 Å². The minimum absolute atomic E-state index is 0.452. The van der Waals surface area contributed by atoms with Crippen molar-refractivity contribution in [3.63, 3.8) is 0 Å². The first-order chi connectivity index (χ1) is 15.3. The second-order valence-corrected chi connectivity index (χ2v) is 8.08. The van der Waals surface area contributed by atoms with E-state index in [0.717, 1.165) is 28.9 Å². The number of rotatable bonds is 6. The monoisotopic (exact) mass is 415 g/mol. The second-order valence-electron chi connectivity index (χ2n) is 8.08. The highest BCUT2D eigenvalue weighted by atomic mass is 16.5. The van der Waals surface area contributed by atoms with Gasteiger partial charge in [0.1, 0.15) is 5.56 Å². The lowest BCUT2D eigenvalue weighted by molar-refractivity contribution is -0.766. The molecule has 5 rings (SSSR count). The number of hydrogen-bond donors (Lipinski definition) is 2. The van der Waals surface area contributed by atoms with Crippen LogP contribution in [-0.4, -0.2) is 27.3 Å². The average molecular weight is 416 g/mol. The smallest absolute Gasteiger partial charge is 0.266 e. The molecule has 4 aromatic rings. The highest BCUT2D eigenvalue weighted by molar-refractivity contribution is 5.74. The number of nitrogens with one attached hydrogen (secondary N) is 2. The largest absolute Gasteiger partial charge is 0.333 e. The van der Waals surface area contributed by atoms with E-state index in [1.54, 1.807) is 0 Å². The van der Waals surface area contributed by atoms with Gasteiger partial charge in [-0.1, -0.05) is 35.8 Å². The van der Waals surface area contributed by atoms with Gasteiger partial charge in [-0.05, 0) is 37.6 Å². The third kappa shape index (κ3) is 4.01. The van der Waals surface area contributed by atoms with Crippen molar-refractivity contribution in [1.29, 1.82) is 0 Å². The van der Waals surface area contributed by atoms with E-state index in [0.29, 0.717) is 17.8 Å². The number of pyridine rings is 1. The van der Waals surface area contributed by atoms with Gasteiger partial charge in [0, 0.05) is 37.3 Å². The summed E-state index contributed by atoms with van der Waals surface area (Å²) in [4.78, 5) is 8.92. The molecule has 2 N–H and O–H groups in total. The molecule has 3 aromatic heterocycles. The first-order valence-electron chi connectivity index (χ1n) is 10.9. The van der Waals surface area contributed by atoms with Gasteiger partial charge < -0.3 is 9.84 Å². The minimum atomic E-state index is 0.452. The van der Waals surface area contributed by atoms with Crippen LogP contribution in [-0.2, 0) is 6.54 Å². The lowest BCUT2D eigenvalue weighted by Crippen LogP contribution is -2.43. The molecule has 0 bridgehead atoms. The van der Waals surface area contributed by atoms with E-state index in [4.69, 9.17) is 9.51 Å². The summed E-state index contributed by atoms with van der Waals surface area (Å²) < 4.78 is 8.00. The normalized spacial score (nSPS) is 14.7. The predicted octanol–water partition coefficient (Wildman–Crippen LogP) is 4.31. The summed E-state index contributed by atoms with van der Waals surface area (Å²) in [6.45, 7) is 0.831. The van der Waals surface area contributed by atoms with E-state index in [9.17, 15) is 0 Å². The molecule has 0 unspecified atom stereocenters. The summed E-state index contributed by atoms with van der Waals surface area (Å²) in [5, 5.41) is 10.9. The third-order valence-electron chi connectivity index (χ3n) is 5.99. The number of hydrogen-bond acceptors (Lipinski definition) is 5. The van der Waals surface area contributed by atoms with Crippen LogP contribution in [0.4, 0.5) is 0 Å². The zero-order valence-corrected chi connectivity index (χ0v) is 17.7. The van der Waals surface area contributed by atoms with Gasteiger partial charge in [-0.3, -0.25) is 4.98 Å². The molecular weight excluding hydrogens is 388 g/mol. The van der Waals surface area contributed by atoms with Crippen molar-refractivity contribution in [2.75, 3.05) is 7.05 Å². The topological polar surface area (TPSA) is 83.5 Å². The third-order valence-corrected chi connectivity index (χ3v) is 5.99. The summed E-state index contributed by atoms with van der Waals surface area (Å²) in [7, 11) is 1.94. The lowest BCUT2D eigenvalue weighted by Gasteiger charge is -2.16. The Morgan fingerprint density at radius 1 is 1.03 bits per heavy atom. The van der Waals surface area contributed by atoms with Crippen LogP contribution < -0.4 is 10.00 Å². The van der Waals surface area contributed by atoms with E-state index in [1.807, 2.05) is 49.9 Å². The molecule has 158 valence electrons. The van der Waals surface area contributed by atoms with Gasteiger partial charge in [-0.2, -0.15) is 10.1 Å². The minimum Gasteiger partial charge on any atom is -0.333 e. The summed E-state index contributed by atoms with van der Waals surface area (Å²) >= 11 is 0. The number of benzene rings is 1. The van der Waals surface area contributed by atoms with E-state index >= 15 is 0 Å². The molecule has 1 aliphatic rings. The fourth-order valence-corrected chi connectivity index (χ4v) is 4.42. The molecule has 0 spiro atoms. The summed E-state index contributed by atoms with van der Waals surface area (Å²) in [6.07, 6.45) is 11.8. The summed E-state index contributed by atoms with van der Waals surface area (Å²) in [5.41, 5.74) is 5.24. The Balaban J connectivity index is 1.52. The van der Waals surface area contributed by atoms with Crippen molar-refractivity contribution in [1.82, 2.24) is 25.5 Å². The Bertz CT molecular complexity index is 1130. The Morgan fingerprint density at radius 3 is 2.55 bits per heavy atom. The molecule has 1 aliphatic carbocycles. The van der Waals surface area contributed by atoms with Gasteiger partial charge in [-0.15, -0.1) is 4.68 Å². The molecule has 0 saturated heterocycles. The van der Waals surface area contributed by atoms with E-state index in [1.165, 1.54) is 37.7 Å². The van der Waals surface area contributed by atoms with Crippen LogP contribution >= 0.6 is 0 Å². The Hall–Kier alpha value is -3.32. The molecule has 3 heterocycles. The van der Waals surface area contributed by atoms with Crippen LogP contribution in [0.25, 0.3) is 34.1 Å². The maximum Gasteiger partial charge on any atom is 0.266 e. The van der Waals surface area contributed by atoms with Crippen molar-refractivity contribution in [2.24, 2.45) is 0 Å². The van der Waals surface area contributed by atoms with Crippen molar-refractivity contribution >= 4 is 0 Å². The van der Waals surface area contributed by atoms with Gasteiger partial charge in [-0.25, -0.2) is 0 Å². The van der Waals surface area contributed by atoms with Crippen LogP contribution in [0.2, 0.25) is 0 Å². The lowest BCUT2D eigenvalue weighted by atomic mass is 9.95. The van der Waals surface area contributed by atoms with E-state index in [-0.39, 0.29) is 0 Å². The SMILES string of the molecule is CNCc1ccc(-c2noc(-c3c[nH][n+](C4CCCCC4)c3-c3ccncc3)n2)cc1. The van der Waals surface area contributed by atoms with Crippen LogP contribution in [0.15, 0.2) is 59.5 Å². The molecule has 0 atom stereocenters. The standard InChI is InChI=1S/C24H26N6O/c1-25-15-17-7-9-19(10-8-17)23-28-24(31-29-23)21-16-27-30(20-5-3-2-4-6-20)22(21)18-11-13-26-14-12-18/h7-14,16,20,25H,2-6,15H2,1H3/p+1. The molecule has 1 saturated carbocycles. The molecule has 1 aromatic carbocycles. The summed E-state index contributed by atoms with van der Waals surface area (Å²) in [5.74, 6) is 1.11. The number of H-pyrrole nitrogens is 1. The van der Waals surface area contributed by atoms with Gasteiger partial charge in [0.25, 0.3) is 11.6 Å². The maximum atomic E-state index is 5.72. The number of aromatic nitrogens is 5. The van der Waals surface area contributed by atoms with E-state index in [2.05, 4.69) is 37.4 Å². The second kappa shape index (κ2) is 8.81. The molecule has 31 heavy (non-hydrogen) atoms. The molecular formula is C24H27N6O+. The van der Waals surface area contributed by atoms with Crippen LogP contribution in [0.1, 0.15) is 43.7 Å². The quantitative estimate of drug-likeness (QED) is 0.459. The molecule has 7 heteroatoms. The first-order valence-corrected chi connectivity index (χ1v) is 10.9. The van der Waals surface area contributed by atoms with Crippen LogP contribution in [0.5, 0.6) is 0 Å². The Kier molecular flexibility index (Phi) is 5.58. The molecule has 1 fully saturated rings. The zero-order chi connectivity index (χ0) is 21.0. The highest BCUT2D eigenvalue weighted by Crippen LogP contribution is 2.33. The maximum absolute atomic E-state index is 5.72. The van der Waals surface area contributed by atoms with Crippen LogP contribution in [0, 0.1) is 0 Å². The molecule has 7 nitrogen and oxygen atoms in total. The van der Waals surface area contributed by atoms with Gasteiger partial charge in [0.15, 0.2) is 6.04 Å². The molecule has 0 amide bonds. The number of nitrogens with zero attached hydrogens (tertiary/aromatic N) is 4.